The Hall–Kier alpha value is -1.38. The summed E-state index contributed by atoms with van der Waals surface area (Å²) in [6.07, 6.45) is 5.89. The lowest BCUT2D eigenvalue weighted by Gasteiger charge is -2.19. The first kappa shape index (κ1) is 12.1. The lowest BCUT2D eigenvalue weighted by Crippen LogP contribution is -2.16. The van der Waals surface area contributed by atoms with Crippen molar-refractivity contribution in [1.82, 2.24) is 14.4 Å². The van der Waals surface area contributed by atoms with Gasteiger partial charge in [0.2, 0.25) is 0 Å². The predicted molar refractivity (Wildman–Crippen MR) is 70.4 cm³/mol. The third-order valence-corrected chi connectivity index (χ3v) is 2.92. The van der Waals surface area contributed by atoms with E-state index in [-0.39, 0.29) is 10.8 Å². The highest BCUT2D eigenvalue weighted by molar-refractivity contribution is 5.41. The number of imidazole rings is 1. The van der Waals surface area contributed by atoms with Crippen molar-refractivity contribution in [2.24, 2.45) is 0 Å². The molecule has 0 saturated heterocycles. The fraction of sp³-hybridized carbons (Fsp3) is 0.571. The molecule has 0 N–H and O–H groups in total. The molecule has 0 aliphatic rings. The van der Waals surface area contributed by atoms with Crippen LogP contribution in [0.5, 0.6) is 0 Å². The van der Waals surface area contributed by atoms with Crippen molar-refractivity contribution >= 4 is 5.65 Å². The molecule has 3 heteroatoms. The van der Waals surface area contributed by atoms with Crippen LogP contribution in [0.1, 0.15) is 52.9 Å². The summed E-state index contributed by atoms with van der Waals surface area (Å²) in [7, 11) is 0. The molecule has 2 aromatic rings. The number of aromatic nitrogens is 3. The third-order valence-electron chi connectivity index (χ3n) is 2.92. The van der Waals surface area contributed by atoms with Crippen LogP contribution >= 0.6 is 0 Å². The smallest absolute Gasteiger partial charge is 0.155 e. The maximum absolute atomic E-state index is 4.66. The van der Waals surface area contributed by atoms with Gasteiger partial charge < -0.3 is 4.40 Å². The Kier molecular flexibility index (Phi) is 2.53. The van der Waals surface area contributed by atoms with Gasteiger partial charge >= 0.3 is 0 Å². The Morgan fingerprint density at radius 2 is 1.59 bits per heavy atom. The quantitative estimate of drug-likeness (QED) is 0.696. The number of hydrogen-bond acceptors (Lipinski definition) is 2. The molecule has 0 aliphatic carbocycles. The van der Waals surface area contributed by atoms with Crippen LogP contribution in [0.2, 0.25) is 0 Å². The summed E-state index contributed by atoms with van der Waals surface area (Å²) in [5.74, 6) is 0. The highest BCUT2D eigenvalue weighted by Gasteiger charge is 2.22. The SMILES string of the molecule is CC(C)(C)c1cn2c(C(C)(C)C)cncc2n1. The van der Waals surface area contributed by atoms with Gasteiger partial charge in [-0.25, -0.2) is 4.98 Å². The van der Waals surface area contributed by atoms with Crippen LogP contribution in [0, 0.1) is 0 Å². The van der Waals surface area contributed by atoms with Gasteiger partial charge in [0.1, 0.15) is 0 Å². The molecule has 0 spiro atoms. The number of nitrogens with zero attached hydrogens (tertiary/aromatic N) is 3. The molecule has 17 heavy (non-hydrogen) atoms. The highest BCUT2D eigenvalue weighted by atomic mass is 15.0. The van der Waals surface area contributed by atoms with E-state index in [1.165, 1.54) is 5.69 Å². The normalized spacial score (nSPS) is 13.3. The first-order chi connectivity index (χ1) is 7.69. The van der Waals surface area contributed by atoms with E-state index in [1.54, 1.807) is 0 Å². The topological polar surface area (TPSA) is 30.2 Å². The van der Waals surface area contributed by atoms with Crippen LogP contribution in [-0.4, -0.2) is 14.4 Å². The lowest BCUT2D eigenvalue weighted by molar-refractivity contribution is 0.553. The van der Waals surface area contributed by atoms with Crippen molar-refractivity contribution in [3.63, 3.8) is 0 Å². The van der Waals surface area contributed by atoms with Crippen LogP contribution in [-0.2, 0) is 10.8 Å². The Morgan fingerprint density at radius 1 is 0.941 bits per heavy atom. The highest BCUT2D eigenvalue weighted by Crippen LogP contribution is 2.26. The van der Waals surface area contributed by atoms with E-state index in [4.69, 9.17) is 0 Å². The van der Waals surface area contributed by atoms with Crippen molar-refractivity contribution in [3.05, 3.63) is 30.0 Å². The van der Waals surface area contributed by atoms with E-state index in [0.29, 0.717) is 0 Å². The molecule has 2 heterocycles. The fourth-order valence-corrected chi connectivity index (χ4v) is 1.83. The maximum atomic E-state index is 4.66. The van der Waals surface area contributed by atoms with E-state index in [2.05, 4.69) is 62.1 Å². The number of fused-ring (bicyclic) bond motifs is 1. The molecule has 0 amide bonds. The van der Waals surface area contributed by atoms with Gasteiger partial charge in [-0.05, 0) is 0 Å². The van der Waals surface area contributed by atoms with Gasteiger partial charge in [-0.15, -0.1) is 0 Å². The van der Waals surface area contributed by atoms with Crippen molar-refractivity contribution in [2.75, 3.05) is 0 Å². The second kappa shape index (κ2) is 3.56. The van der Waals surface area contributed by atoms with Gasteiger partial charge in [-0.2, -0.15) is 0 Å². The fourth-order valence-electron chi connectivity index (χ4n) is 1.83. The molecule has 0 unspecified atom stereocenters. The van der Waals surface area contributed by atoms with Crippen LogP contribution in [0.4, 0.5) is 0 Å². The molecule has 0 aliphatic heterocycles. The number of hydrogen-bond donors (Lipinski definition) is 0. The summed E-state index contributed by atoms with van der Waals surface area (Å²) >= 11 is 0. The van der Waals surface area contributed by atoms with Crippen molar-refractivity contribution in [2.45, 2.75) is 52.4 Å². The molecule has 3 nitrogen and oxygen atoms in total. The third kappa shape index (κ3) is 2.19. The minimum Gasteiger partial charge on any atom is -0.300 e. The molecule has 92 valence electrons. The van der Waals surface area contributed by atoms with Gasteiger partial charge in [0, 0.05) is 28.9 Å². The van der Waals surface area contributed by atoms with Gasteiger partial charge in [0.25, 0.3) is 0 Å². The first-order valence-electron chi connectivity index (χ1n) is 6.04. The van der Waals surface area contributed by atoms with Crippen molar-refractivity contribution in [1.29, 1.82) is 0 Å². The largest absolute Gasteiger partial charge is 0.300 e. The Morgan fingerprint density at radius 3 is 2.12 bits per heavy atom. The molecule has 0 radical (unpaired) electrons. The first-order valence-corrected chi connectivity index (χ1v) is 6.04. The zero-order valence-electron chi connectivity index (χ0n) is 11.6. The van der Waals surface area contributed by atoms with Crippen LogP contribution < -0.4 is 0 Å². The Labute approximate surface area is 103 Å². The van der Waals surface area contributed by atoms with Crippen LogP contribution in [0.15, 0.2) is 18.6 Å². The van der Waals surface area contributed by atoms with E-state index in [9.17, 15) is 0 Å². The molecule has 0 saturated carbocycles. The van der Waals surface area contributed by atoms with Gasteiger partial charge in [-0.1, -0.05) is 41.5 Å². The van der Waals surface area contributed by atoms with Gasteiger partial charge in [-0.3, -0.25) is 4.98 Å². The molecular formula is C14H21N3. The number of rotatable bonds is 0. The second-order valence-electron chi connectivity index (χ2n) is 6.65. The summed E-state index contributed by atoms with van der Waals surface area (Å²) in [6.45, 7) is 13.1. The monoisotopic (exact) mass is 231 g/mol. The molecule has 2 rings (SSSR count). The average molecular weight is 231 g/mol. The molecule has 0 bridgehead atoms. The summed E-state index contributed by atoms with van der Waals surface area (Å²) in [4.78, 5) is 8.95. The molecule has 0 atom stereocenters. The summed E-state index contributed by atoms with van der Waals surface area (Å²) in [6, 6.07) is 0. The standard InChI is InChI=1S/C14H21N3/c1-13(2,3)10-9-17-11(14(4,5)6)7-15-8-12(17)16-10/h7-9H,1-6H3. The van der Waals surface area contributed by atoms with Gasteiger partial charge in [0.05, 0.1) is 11.9 Å². The van der Waals surface area contributed by atoms with E-state index >= 15 is 0 Å². The lowest BCUT2D eigenvalue weighted by atomic mass is 9.92. The van der Waals surface area contributed by atoms with Crippen LogP contribution in [0.25, 0.3) is 5.65 Å². The summed E-state index contributed by atoms with van der Waals surface area (Å²) in [5, 5.41) is 0. The maximum Gasteiger partial charge on any atom is 0.155 e. The zero-order valence-corrected chi connectivity index (χ0v) is 11.6. The van der Waals surface area contributed by atoms with E-state index in [1.807, 2.05) is 12.4 Å². The average Bonchev–Trinajstić information content (AvgIpc) is 2.57. The van der Waals surface area contributed by atoms with Gasteiger partial charge in [0.15, 0.2) is 5.65 Å². The summed E-state index contributed by atoms with van der Waals surface area (Å²) < 4.78 is 2.16. The molecule has 0 aromatic carbocycles. The Bertz CT molecular complexity index is 539. The van der Waals surface area contributed by atoms with Crippen LogP contribution in [0.3, 0.4) is 0 Å². The molecular weight excluding hydrogens is 210 g/mol. The van der Waals surface area contributed by atoms with Crippen molar-refractivity contribution in [3.8, 4) is 0 Å². The molecule has 0 fully saturated rings. The Balaban J connectivity index is 2.70. The minimum absolute atomic E-state index is 0.0706. The minimum atomic E-state index is 0.0706. The molecule has 2 aromatic heterocycles. The van der Waals surface area contributed by atoms with E-state index in [0.717, 1.165) is 11.3 Å². The second-order valence-corrected chi connectivity index (χ2v) is 6.65. The van der Waals surface area contributed by atoms with E-state index < -0.39 is 0 Å². The summed E-state index contributed by atoms with van der Waals surface area (Å²) in [5.41, 5.74) is 3.38. The predicted octanol–water partition coefficient (Wildman–Crippen LogP) is 3.32. The zero-order chi connectivity index (χ0) is 12.8. The van der Waals surface area contributed by atoms with Crippen molar-refractivity contribution < 1.29 is 0 Å².